The van der Waals surface area contributed by atoms with Crippen LogP contribution in [0, 0.1) is 0 Å². The van der Waals surface area contributed by atoms with E-state index in [-0.39, 0.29) is 18.6 Å². The second kappa shape index (κ2) is 11.8. The Kier molecular flexibility index (Phi) is 9.08. The lowest BCUT2D eigenvalue weighted by molar-refractivity contribution is -0.139. The number of carbonyl (C=O) groups is 1. The zero-order valence-corrected chi connectivity index (χ0v) is 22.2. The molecule has 3 rings (SSSR count). The summed E-state index contributed by atoms with van der Waals surface area (Å²) in [5.41, 5.74) is 8.59. The number of nitrogens with zero attached hydrogens (tertiary/aromatic N) is 3. The van der Waals surface area contributed by atoms with Gasteiger partial charge < -0.3 is 19.7 Å². The molecule has 196 valence electrons. The van der Waals surface area contributed by atoms with Crippen LogP contribution in [0.3, 0.4) is 0 Å². The summed E-state index contributed by atoms with van der Waals surface area (Å²) in [5, 5.41) is 6.81. The van der Waals surface area contributed by atoms with Crippen molar-refractivity contribution in [2.45, 2.75) is 45.1 Å². The van der Waals surface area contributed by atoms with Gasteiger partial charge in [0.15, 0.2) is 5.82 Å². The molecule has 0 saturated heterocycles. The number of anilines is 1. The van der Waals surface area contributed by atoms with E-state index in [4.69, 9.17) is 19.5 Å². The summed E-state index contributed by atoms with van der Waals surface area (Å²) in [7, 11) is -1.15. The molecule has 3 aromatic rings. The van der Waals surface area contributed by atoms with E-state index in [0.29, 0.717) is 24.4 Å². The number of fused-ring (bicyclic) bond motifs is 1. The van der Waals surface area contributed by atoms with Crippen molar-refractivity contribution in [1.29, 1.82) is 0 Å². The minimum Gasteiger partial charge on any atom is -0.468 e. The van der Waals surface area contributed by atoms with E-state index < -0.39 is 19.8 Å². The molecule has 0 spiro atoms. The molecule has 0 saturated carbocycles. The molecule has 2 aromatic heterocycles. The lowest BCUT2D eigenvalue weighted by atomic mass is 9.87. The van der Waals surface area contributed by atoms with Crippen molar-refractivity contribution < 1.29 is 27.9 Å². The van der Waals surface area contributed by atoms with Crippen molar-refractivity contribution >= 4 is 25.1 Å². The number of methoxy groups -OCH3 is 2. The van der Waals surface area contributed by atoms with E-state index in [0.717, 1.165) is 16.8 Å². The number of hydrogen-bond acceptors (Lipinski definition) is 9. The maximum absolute atomic E-state index is 13.5. The summed E-state index contributed by atoms with van der Waals surface area (Å²) >= 11 is 0. The minimum absolute atomic E-state index is 0.0392. The number of esters is 1. The number of hydrogen-bond donors (Lipinski definition) is 2. The van der Waals surface area contributed by atoms with Gasteiger partial charge in [0, 0.05) is 12.8 Å². The van der Waals surface area contributed by atoms with Gasteiger partial charge in [-0.2, -0.15) is 5.10 Å². The average molecular weight is 520 g/mol. The molecule has 2 heterocycles. The molecule has 36 heavy (non-hydrogen) atoms. The number of aromatic nitrogens is 3. The van der Waals surface area contributed by atoms with Crippen LogP contribution in [-0.4, -0.2) is 54.0 Å². The van der Waals surface area contributed by atoms with Crippen LogP contribution in [0.25, 0.3) is 5.52 Å². The molecule has 3 N–H and O–H groups in total. The number of nitrogen functional groups attached to an aromatic ring is 1. The highest BCUT2D eigenvalue weighted by Crippen LogP contribution is 2.44. The van der Waals surface area contributed by atoms with Crippen LogP contribution in [0.15, 0.2) is 42.7 Å². The Morgan fingerprint density at radius 3 is 2.53 bits per heavy atom. The first-order chi connectivity index (χ1) is 17.0. The monoisotopic (exact) mass is 519 g/mol. The lowest BCUT2D eigenvalue weighted by Gasteiger charge is -2.23. The van der Waals surface area contributed by atoms with Crippen molar-refractivity contribution in [3.63, 3.8) is 0 Å². The molecule has 12 heteroatoms. The molecule has 2 atom stereocenters. The van der Waals surface area contributed by atoms with Crippen LogP contribution in [0.2, 0.25) is 0 Å². The van der Waals surface area contributed by atoms with Gasteiger partial charge in [-0.1, -0.05) is 32.9 Å². The SMILES string of the molecule is COC(=O)CNP(=O)(OCC(CCc1ccc2c(N)ncnn12)OC)Oc1ccc(C(C)(C)C)cc1. The number of rotatable bonds is 12. The third-order valence-electron chi connectivity index (χ3n) is 5.64. The van der Waals surface area contributed by atoms with Gasteiger partial charge in [0.05, 0.1) is 19.8 Å². The Balaban J connectivity index is 1.67. The van der Waals surface area contributed by atoms with E-state index in [1.165, 1.54) is 13.4 Å². The molecule has 0 aliphatic heterocycles. The van der Waals surface area contributed by atoms with E-state index in [1.54, 1.807) is 23.8 Å². The highest BCUT2D eigenvalue weighted by atomic mass is 31.2. The van der Waals surface area contributed by atoms with Crippen LogP contribution < -0.4 is 15.3 Å². The zero-order chi connectivity index (χ0) is 26.3. The lowest BCUT2D eigenvalue weighted by Crippen LogP contribution is -2.27. The summed E-state index contributed by atoms with van der Waals surface area (Å²) in [6.07, 6.45) is 2.14. The Hall–Kier alpha value is -2.98. The number of carbonyl (C=O) groups excluding carboxylic acids is 1. The topological polar surface area (TPSA) is 139 Å². The van der Waals surface area contributed by atoms with Crippen molar-refractivity contribution in [2.75, 3.05) is 33.1 Å². The van der Waals surface area contributed by atoms with Crippen LogP contribution >= 0.6 is 7.75 Å². The highest BCUT2D eigenvalue weighted by Gasteiger charge is 2.29. The normalized spacial score (nSPS) is 14.4. The van der Waals surface area contributed by atoms with Crippen LogP contribution in [-0.2, 0) is 35.2 Å². The van der Waals surface area contributed by atoms with Crippen molar-refractivity contribution in [2.24, 2.45) is 0 Å². The van der Waals surface area contributed by atoms with Crippen molar-refractivity contribution in [3.8, 4) is 5.75 Å². The predicted molar refractivity (Wildman–Crippen MR) is 136 cm³/mol. The fraction of sp³-hybridized carbons (Fsp3) is 0.458. The van der Waals surface area contributed by atoms with Gasteiger partial charge >= 0.3 is 13.7 Å². The molecular formula is C24H34N5O6P. The first-order valence-electron chi connectivity index (χ1n) is 11.5. The maximum Gasteiger partial charge on any atom is 0.459 e. The number of nitrogens with two attached hydrogens (primary N) is 1. The number of aryl methyl sites for hydroxylation is 1. The van der Waals surface area contributed by atoms with E-state index in [1.807, 2.05) is 24.3 Å². The number of nitrogens with one attached hydrogen (secondary N) is 1. The van der Waals surface area contributed by atoms with E-state index >= 15 is 0 Å². The number of ether oxygens (including phenoxy) is 2. The van der Waals surface area contributed by atoms with Gasteiger partial charge in [-0.15, -0.1) is 0 Å². The molecule has 0 amide bonds. The van der Waals surface area contributed by atoms with Gasteiger partial charge in [-0.3, -0.25) is 9.32 Å². The highest BCUT2D eigenvalue weighted by molar-refractivity contribution is 7.52. The summed E-state index contributed by atoms with van der Waals surface area (Å²) in [4.78, 5) is 15.7. The minimum atomic E-state index is -3.93. The standard InChI is InChI=1S/C24H34N5O6P/c1-24(2,3)17-6-10-19(11-7-17)35-36(31,28-14-22(30)33-5)34-15-20(32-4)12-8-18-9-13-21-23(25)26-16-27-29(18)21/h6-7,9-11,13,16,20H,8,12,14-15H2,1-5H3,(H,28,31)(H2,25,26,27). The molecular weight excluding hydrogens is 485 g/mol. The second-order valence-electron chi connectivity index (χ2n) is 9.23. The summed E-state index contributed by atoms with van der Waals surface area (Å²) in [6.45, 7) is 5.90. The van der Waals surface area contributed by atoms with Gasteiger partial charge in [-0.25, -0.2) is 19.2 Å². The zero-order valence-electron chi connectivity index (χ0n) is 21.3. The van der Waals surface area contributed by atoms with Crippen LogP contribution in [0.4, 0.5) is 5.82 Å². The molecule has 0 bridgehead atoms. The smallest absolute Gasteiger partial charge is 0.459 e. The summed E-state index contributed by atoms with van der Waals surface area (Å²) in [6, 6.07) is 11.0. The molecule has 0 fully saturated rings. The molecule has 11 nitrogen and oxygen atoms in total. The van der Waals surface area contributed by atoms with E-state index in [2.05, 4.69) is 40.7 Å². The Morgan fingerprint density at radius 1 is 1.17 bits per heavy atom. The maximum atomic E-state index is 13.5. The van der Waals surface area contributed by atoms with Crippen LogP contribution in [0.5, 0.6) is 5.75 Å². The molecule has 0 radical (unpaired) electrons. The van der Waals surface area contributed by atoms with Crippen molar-refractivity contribution in [1.82, 2.24) is 19.7 Å². The van der Waals surface area contributed by atoms with E-state index in [9.17, 15) is 9.36 Å². The Bertz CT molecular complexity index is 1210. The quantitative estimate of drug-likeness (QED) is 0.270. The average Bonchev–Trinajstić information content (AvgIpc) is 3.27. The largest absolute Gasteiger partial charge is 0.468 e. The summed E-state index contributed by atoms with van der Waals surface area (Å²) < 4.78 is 36.8. The third kappa shape index (κ3) is 7.27. The molecule has 2 unspecified atom stereocenters. The fourth-order valence-electron chi connectivity index (χ4n) is 3.45. The second-order valence-corrected chi connectivity index (χ2v) is 11.0. The van der Waals surface area contributed by atoms with Gasteiger partial charge in [0.2, 0.25) is 0 Å². The molecule has 0 aliphatic carbocycles. The fourth-order valence-corrected chi connectivity index (χ4v) is 4.74. The Labute approximate surface area is 210 Å². The van der Waals surface area contributed by atoms with Crippen molar-refractivity contribution in [3.05, 3.63) is 54.0 Å². The first kappa shape index (κ1) is 27.6. The summed E-state index contributed by atoms with van der Waals surface area (Å²) in [5.74, 6) is 0.137. The van der Waals surface area contributed by atoms with Crippen LogP contribution in [0.1, 0.15) is 38.4 Å². The molecule has 0 aliphatic rings. The predicted octanol–water partition coefficient (Wildman–Crippen LogP) is 3.52. The Morgan fingerprint density at radius 2 is 1.89 bits per heavy atom. The third-order valence-corrected chi connectivity index (χ3v) is 7.12. The molecule has 1 aromatic carbocycles. The van der Waals surface area contributed by atoms with Gasteiger partial charge in [0.25, 0.3) is 0 Å². The van der Waals surface area contributed by atoms with Gasteiger partial charge in [-0.05, 0) is 48.1 Å². The van der Waals surface area contributed by atoms with Gasteiger partial charge in [0.1, 0.15) is 24.1 Å². The first-order valence-corrected chi connectivity index (χ1v) is 13.1. The number of benzene rings is 1.